The van der Waals surface area contributed by atoms with E-state index in [2.05, 4.69) is 24.8 Å². The Bertz CT molecular complexity index is 717. The Morgan fingerprint density at radius 1 is 0.917 bits per heavy atom. The van der Waals surface area contributed by atoms with E-state index in [1.807, 2.05) is 11.0 Å². The lowest BCUT2D eigenvalue weighted by atomic mass is 10.2. The first-order valence-corrected chi connectivity index (χ1v) is 8.62. The van der Waals surface area contributed by atoms with Crippen molar-refractivity contribution in [3.05, 3.63) is 24.7 Å². The van der Waals surface area contributed by atoms with E-state index in [-0.39, 0.29) is 5.91 Å². The average Bonchev–Trinajstić information content (AvgIpc) is 3.17. The van der Waals surface area contributed by atoms with Crippen LogP contribution in [0, 0.1) is 0 Å². The van der Waals surface area contributed by atoms with Crippen LogP contribution in [0.25, 0.3) is 11.0 Å². The molecule has 2 aliphatic heterocycles. The summed E-state index contributed by atoms with van der Waals surface area (Å²) in [5.41, 5.74) is 1.72. The van der Waals surface area contributed by atoms with Crippen molar-refractivity contribution in [2.75, 3.05) is 50.7 Å². The number of rotatable bonds is 3. The Morgan fingerprint density at radius 2 is 1.67 bits per heavy atom. The van der Waals surface area contributed by atoms with Crippen molar-refractivity contribution in [2.24, 2.45) is 0 Å². The largest absolute Gasteiger partial charge is 0.352 e. The molecule has 4 rings (SSSR count). The van der Waals surface area contributed by atoms with Crippen molar-refractivity contribution < 1.29 is 4.79 Å². The molecule has 1 amide bonds. The Kier molecular flexibility index (Phi) is 4.25. The van der Waals surface area contributed by atoms with Gasteiger partial charge in [0.1, 0.15) is 5.52 Å². The summed E-state index contributed by atoms with van der Waals surface area (Å²) in [5.74, 6) is 1.17. The summed E-state index contributed by atoms with van der Waals surface area (Å²) in [6, 6.07) is 1.89. The van der Waals surface area contributed by atoms with E-state index in [1.54, 1.807) is 18.6 Å². The Labute approximate surface area is 141 Å². The third-order valence-corrected chi connectivity index (χ3v) is 4.86. The van der Waals surface area contributed by atoms with E-state index in [0.717, 1.165) is 69.0 Å². The first kappa shape index (κ1) is 15.3. The minimum Gasteiger partial charge on any atom is -0.352 e. The van der Waals surface area contributed by atoms with Crippen LogP contribution in [0.4, 0.5) is 5.82 Å². The minimum atomic E-state index is 0.273. The lowest BCUT2D eigenvalue weighted by molar-refractivity contribution is -0.131. The van der Waals surface area contributed by atoms with E-state index in [9.17, 15) is 4.79 Å². The van der Waals surface area contributed by atoms with Gasteiger partial charge in [0.25, 0.3) is 0 Å². The number of fused-ring (bicyclic) bond motifs is 1. The van der Waals surface area contributed by atoms with Crippen LogP contribution in [-0.2, 0) is 4.79 Å². The highest BCUT2D eigenvalue weighted by molar-refractivity contribution is 5.85. The SMILES string of the molecule is O=C(CN1CCN(c2nccc3nccnc23)CC1)N1CCCC1. The van der Waals surface area contributed by atoms with Crippen molar-refractivity contribution in [3.63, 3.8) is 0 Å². The number of amides is 1. The molecule has 0 aromatic carbocycles. The number of nitrogens with zero attached hydrogens (tertiary/aromatic N) is 6. The number of aromatic nitrogens is 3. The number of anilines is 1. The second-order valence-corrected chi connectivity index (χ2v) is 6.41. The van der Waals surface area contributed by atoms with Crippen LogP contribution >= 0.6 is 0 Å². The number of pyridine rings is 1. The first-order valence-electron chi connectivity index (χ1n) is 8.62. The Morgan fingerprint density at radius 3 is 2.46 bits per heavy atom. The molecule has 0 aliphatic carbocycles. The first-order chi connectivity index (χ1) is 11.8. The van der Waals surface area contributed by atoms with Crippen LogP contribution in [0.1, 0.15) is 12.8 Å². The molecule has 2 saturated heterocycles. The number of carbonyl (C=O) groups is 1. The quantitative estimate of drug-likeness (QED) is 0.830. The van der Waals surface area contributed by atoms with Gasteiger partial charge in [0.05, 0.1) is 12.1 Å². The Balaban J connectivity index is 1.39. The zero-order valence-corrected chi connectivity index (χ0v) is 13.8. The van der Waals surface area contributed by atoms with Gasteiger partial charge in [-0.1, -0.05) is 0 Å². The van der Waals surface area contributed by atoms with Crippen LogP contribution < -0.4 is 4.90 Å². The molecule has 0 bridgehead atoms. The molecule has 7 nitrogen and oxygen atoms in total. The monoisotopic (exact) mass is 326 g/mol. The highest BCUT2D eigenvalue weighted by Gasteiger charge is 2.24. The summed E-state index contributed by atoms with van der Waals surface area (Å²) in [4.78, 5) is 32.1. The predicted octanol–water partition coefficient (Wildman–Crippen LogP) is 0.769. The molecular weight excluding hydrogens is 304 g/mol. The van der Waals surface area contributed by atoms with Gasteiger partial charge in [-0.2, -0.15) is 0 Å². The summed E-state index contributed by atoms with van der Waals surface area (Å²) in [7, 11) is 0. The Hall–Kier alpha value is -2.28. The fraction of sp³-hybridized carbons (Fsp3) is 0.529. The maximum atomic E-state index is 12.3. The maximum absolute atomic E-state index is 12.3. The summed E-state index contributed by atoms with van der Waals surface area (Å²) in [6.45, 7) is 5.85. The van der Waals surface area contributed by atoms with Crippen LogP contribution in [0.3, 0.4) is 0 Å². The molecule has 2 aromatic heterocycles. The number of hydrogen-bond donors (Lipinski definition) is 0. The minimum absolute atomic E-state index is 0.273. The van der Waals surface area contributed by atoms with Gasteiger partial charge < -0.3 is 9.80 Å². The van der Waals surface area contributed by atoms with Crippen molar-refractivity contribution >= 4 is 22.8 Å². The fourth-order valence-electron chi connectivity index (χ4n) is 3.49. The second kappa shape index (κ2) is 6.68. The maximum Gasteiger partial charge on any atom is 0.236 e. The molecule has 2 fully saturated rings. The molecule has 0 saturated carbocycles. The van der Waals surface area contributed by atoms with Gasteiger partial charge in [-0.3, -0.25) is 14.7 Å². The third-order valence-electron chi connectivity index (χ3n) is 4.86. The summed E-state index contributed by atoms with van der Waals surface area (Å²) >= 11 is 0. The number of likely N-dealkylation sites (tertiary alicyclic amines) is 1. The molecule has 0 spiro atoms. The average molecular weight is 326 g/mol. The van der Waals surface area contributed by atoms with Crippen LogP contribution in [0.2, 0.25) is 0 Å². The van der Waals surface area contributed by atoms with Crippen LogP contribution in [-0.4, -0.2) is 76.5 Å². The van der Waals surface area contributed by atoms with Gasteiger partial charge in [0.2, 0.25) is 5.91 Å². The predicted molar refractivity (Wildman–Crippen MR) is 91.8 cm³/mol. The molecule has 0 unspecified atom stereocenters. The molecule has 126 valence electrons. The lowest BCUT2D eigenvalue weighted by Crippen LogP contribution is -2.50. The van der Waals surface area contributed by atoms with Gasteiger partial charge in [-0.15, -0.1) is 0 Å². The molecule has 2 aliphatic rings. The third kappa shape index (κ3) is 3.03. The molecule has 7 heteroatoms. The van der Waals surface area contributed by atoms with E-state index < -0.39 is 0 Å². The smallest absolute Gasteiger partial charge is 0.236 e. The van der Waals surface area contributed by atoms with Crippen LogP contribution in [0.15, 0.2) is 24.7 Å². The molecule has 0 N–H and O–H groups in total. The molecule has 2 aromatic rings. The highest BCUT2D eigenvalue weighted by Crippen LogP contribution is 2.21. The standard InChI is InChI=1S/C17H22N6O/c24-15(22-7-1-2-8-22)13-21-9-11-23(12-10-21)17-16-14(3-4-20-17)18-5-6-19-16/h3-6H,1-2,7-13H2. The number of carbonyl (C=O) groups excluding carboxylic acids is 1. The summed E-state index contributed by atoms with van der Waals surface area (Å²) in [6.07, 6.45) is 7.49. The fourth-order valence-corrected chi connectivity index (χ4v) is 3.49. The zero-order valence-electron chi connectivity index (χ0n) is 13.8. The van der Waals surface area contributed by atoms with Crippen LogP contribution in [0.5, 0.6) is 0 Å². The normalized spacial score (nSPS) is 19.2. The van der Waals surface area contributed by atoms with Crippen molar-refractivity contribution in [1.29, 1.82) is 0 Å². The van der Waals surface area contributed by atoms with E-state index in [0.29, 0.717) is 6.54 Å². The number of hydrogen-bond acceptors (Lipinski definition) is 6. The van der Waals surface area contributed by atoms with Gasteiger partial charge in [-0.25, -0.2) is 9.97 Å². The van der Waals surface area contributed by atoms with Gasteiger partial charge >= 0.3 is 0 Å². The summed E-state index contributed by atoms with van der Waals surface area (Å²) in [5, 5.41) is 0. The van der Waals surface area contributed by atoms with E-state index in [4.69, 9.17) is 0 Å². The molecule has 0 radical (unpaired) electrons. The molecule has 4 heterocycles. The zero-order chi connectivity index (χ0) is 16.4. The lowest BCUT2D eigenvalue weighted by Gasteiger charge is -2.35. The van der Waals surface area contributed by atoms with E-state index >= 15 is 0 Å². The highest BCUT2D eigenvalue weighted by atomic mass is 16.2. The molecular formula is C17H22N6O. The van der Waals surface area contributed by atoms with E-state index in [1.165, 1.54) is 0 Å². The number of piperazine rings is 1. The van der Waals surface area contributed by atoms with Crippen molar-refractivity contribution in [3.8, 4) is 0 Å². The van der Waals surface area contributed by atoms with Crippen molar-refractivity contribution in [2.45, 2.75) is 12.8 Å². The second-order valence-electron chi connectivity index (χ2n) is 6.41. The topological polar surface area (TPSA) is 65.5 Å². The summed E-state index contributed by atoms with van der Waals surface area (Å²) < 4.78 is 0. The van der Waals surface area contributed by atoms with Gasteiger partial charge in [0, 0.05) is 57.9 Å². The van der Waals surface area contributed by atoms with Gasteiger partial charge in [0.15, 0.2) is 5.82 Å². The molecule has 0 atom stereocenters. The van der Waals surface area contributed by atoms with Crippen molar-refractivity contribution in [1.82, 2.24) is 24.8 Å². The molecule has 24 heavy (non-hydrogen) atoms. The van der Waals surface area contributed by atoms with Gasteiger partial charge in [-0.05, 0) is 18.9 Å².